The van der Waals surface area contributed by atoms with E-state index in [0.29, 0.717) is 24.5 Å². The summed E-state index contributed by atoms with van der Waals surface area (Å²) in [6, 6.07) is 4.14. The summed E-state index contributed by atoms with van der Waals surface area (Å²) >= 11 is 0. The van der Waals surface area contributed by atoms with E-state index in [1.54, 1.807) is 25.4 Å². The minimum atomic E-state index is -4.45. The quantitative estimate of drug-likeness (QED) is 0.921. The largest absolute Gasteiger partial charge is 0.435 e. The maximum absolute atomic E-state index is 12.8. The van der Waals surface area contributed by atoms with Crippen LogP contribution in [0.5, 0.6) is 0 Å². The zero-order valence-electron chi connectivity index (χ0n) is 13.6. The lowest BCUT2D eigenvalue weighted by atomic mass is 10.0. The van der Waals surface area contributed by atoms with Crippen LogP contribution in [0.3, 0.4) is 0 Å². The summed E-state index contributed by atoms with van der Waals surface area (Å²) in [4.78, 5) is 18.2. The third-order valence-electron chi connectivity index (χ3n) is 4.23. The number of alkyl halides is 3. The number of rotatable bonds is 3. The van der Waals surface area contributed by atoms with E-state index in [2.05, 4.69) is 15.4 Å². The summed E-state index contributed by atoms with van der Waals surface area (Å²) in [5.41, 5.74) is -0.449. The zero-order valence-corrected chi connectivity index (χ0v) is 13.6. The van der Waals surface area contributed by atoms with Crippen LogP contribution in [0.25, 0.3) is 0 Å². The number of nitrogens with one attached hydrogen (secondary N) is 1. The van der Waals surface area contributed by atoms with Crippen LogP contribution in [0.2, 0.25) is 0 Å². The first kappa shape index (κ1) is 17.2. The molecule has 1 atom stereocenters. The van der Waals surface area contributed by atoms with Crippen LogP contribution in [0.1, 0.15) is 34.9 Å². The first-order valence-corrected chi connectivity index (χ1v) is 7.94. The molecule has 1 unspecified atom stereocenters. The van der Waals surface area contributed by atoms with Crippen LogP contribution in [-0.2, 0) is 6.18 Å². The van der Waals surface area contributed by atoms with Crippen molar-refractivity contribution in [3.63, 3.8) is 0 Å². The number of hydrogen-bond acceptors (Lipinski definition) is 4. The number of halogens is 3. The number of anilines is 1. The molecule has 0 saturated carbocycles. The molecule has 1 amide bonds. The number of hydrogen-bond donors (Lipinski definition) is 1. The molecular formula is C16H18F3N5O. The number of piperidine rings is 1. The minimum absolute atomic E-state index is 0.204. The summed E-state index contributed by atoms with van der Waals surface area (Å²) in [5.74, 6) is 0.290. The lowest BCUT2D eigenvalue weighted by Crippen LogP contribution is -2.38. The molecule has 0 spiro atoms. The predicted molar refractivity (Wildman–Crippen MR) is 85.3 cm³/mol. The highest BCUT2D eigenvalue weighted by molar-refractivity contribution is 5.98. The Morgan fingerprint density at radius 1 is 1.36 bits per heavy atom. The van der Waals surface area contributed by atoms with E-state index >= 15 is 0 Å². The number of carbonyl (C=O) groups is 1. The Bertz CT molecular complexity index is 758. The molecule has 25 heavy (non-hydrogen) atoms. The van der Waals surface area contributed by atoms with E-state index in [9.17, 15) is 18.0 Å². The second-order valence-corrected chi connectivity index (χ2v) is 5.87. The monoisotopic (exact) mass is 353 g/mol. The van der Waals surface area contributed by atoms with E-state index in [1.165, 1.54) is 10.9 Å². The van der Waals surface area contributed by atoms with Gasteiger partial charge in [0.2, 0.25) is 0 Å². The van der Waals surface area contributed by atoms with Crippen molar-refractivity contribution in [3.05, 3.63) is 41.9 Å². The molecule has 1 aliphatic heterocycles. The van der Waals surface area contributed by atoms with Crippen LogP contribution in [-0.4, -0.2) is 40.8 Å². The van der Waals surface area contributed by atoms with Gasteiger partial charge >= 0.3 is 6.18 Å². The molecule has 0 aliphatic carbocycles. The number of carbonyl (C=O) groups excluding carboxylic acids is 1. The highest BCUT2D eigenvalue weighted by atomic mass is 19.4. The van der Waals surface area contributed by atoms with E-state index < -0.39 is 11.9 Å². The van der Waals surface area contributed by atoms with E-state index in [4.69, 9.17) is 0 Å². The van der Waals surface area contributed by atoms with Crippen molar-refractivity contribution < 1.29 is 18.0 Å². The van der Waals surface area contributed by atoms with Crippen molar-refractivity contribution in [1.82, 2.24) is 20.1 Å². The molecule has 9 heteroatoms. The van der Waals surface area contributed by atoms with Crippen molar-refractivity contribution in [3.8, 4) is 0 Å². The van der Waals surface area contributed by atoms with Gasteiger partial charge in [-0.3, -0.25) is 9.48 Å². The normalized spacial score (nSPS) is 18.2. The Morgan fingerprint density at radius 3 is 2.84 bits per heavy atom. The van der Waals surface area contributed by atoms with Gasteiger partial charge in [-0.05, 0) is 31.0 Å². The van der Waals surface area contributed by atoms with Crippen molar-refractivity contribution in [2.75, 3.05) is 25.0 Å². The smallest absolute Gasteiger partial charge is 0.355 e. The number of nitrogens with zero attached hydrogens (tertiary/aromatic N) is 4. The van der Waals surface area contributed by atoms with Crippen molar-refractivity contribution in [2.45, 2.75) is 25.1 Å². The molecular weight excluding hydrogens is 335 g/mol. The molecule has 1 aliphatic rings. The van der Waals surface area contributed by atoms with E-state index in [0.717, 1.165) is 18.9 Å². The third-order valence-corrected chi connectivity index (χ3v) is 4.23. The van der Waals surface area contributed by atoms with Gasteiger partial charge in [0.25, 0.3) is 5.91 Å². The zero-order chi connectivity index (χ0) is 18.0. The molecule has 3 rings (SSSR count). The molecule has 0 radical (unpaired) electrons. The molecule has 6 nitrogen and oxygen atoms in total. The molecule has 2 aromatic rings. The summed E-state index contributed by atoms with van der Waals surface area (Å²) in [7, 11) is 1.54. The fraction of sp³-hybridized carbons (Fsp3) is 0.438. The molecule has 0 aromatic carbocycles. The standard InChI is InChI=1S/C16H18F3N5O/c1-20-15(25)12-5-2-7-21-14(12)23-8-3-4-11(10-23)24-9-6-13(22-24)16(17,18)19/h2,5-7,9,11H,3-4,8,10H2,1H3,(H,20,25). The van der Waals surface area contributed by atoms with Crippen molar-refractivity contribution in [2.24, 2.45) is 0 Å². The maximum atomic E-state index is 12.8. The molecule has 2 aromatic heterocycles. The SMILES string of the molecule is CNC(=O)c1cccnc1N1CCCC(n2ccc(C(F)(F)F)n2)C1. The average molecular weight is 353 g/mol. The average Bonchev–Trinajstić information content (AvgIpc) is 3.12. The van der Waals surface area contributed by atoms with Gasteiger partial charge in [-0.1, -0.05) is 0 Å². The Kier molecular flexibility index (Phi) is 4.65. The molecule has 0 bridgehead atoms. The van der Waals surface area contributed by atoms with Gasteiger partial charge in [0.05, 0.1) is 11.6 Å². The predicted octanol–water partition coefficient (Wildman–Crippen LogP) is 2.50. The van der Waals surface area contributed by atoms with Crippen molar-refractivity contribution >= 4 is 11.7 Å². The van der Waals surface area contributed by atoms with Gasteiger partial charge < -0.3 is 10.2 Å². The lowest BCUT2D eigenvalue weighted by molar-refractivity contribution is -0.141. The Morgan fingerprint density at radius 2 is 2.16 bits per heavy atom. The highest BCUT2D eigenvalue weighted by Gasteiger charge is 2.34. The van der Waals surface area contributed by atoms with E-state index in [1.807, 2.05) is 4.90 Å². The van der Waals surface area contributed by atoms with Crippen LogP contribution >= 0.6 is 0 Å². The summed E-state index contributed by atoms with van der Waals surface area (Å²) in [6.45, 7) is 1.13. The highest BCUT2D eigenvalue weighted by Crippen LogP contribution is 2.30. The van der Waals surface area contributed by atoms with Gasteiger partial charge in [0.15, 0.2) is 5.69 Å². The first-order chi connectivity index (χ1) is 11.9. The van der Waals surface area contributed by atoms with Gasteiger partial charge in [0, 0.05) is 32.5 Å². The topological polar surface area (TPSA) is 63.1 Å². The summed E-state index contributed by atoms with van der Waals surface area (Å²) in [6.07, 6.45) is -0.00361. The molecule has 1 fully saturated rings. The lowest BCUT2D eigenvalue weighted by Gasteiger charge is -2.34. The molecule has 1 N–H and O–H groups in total. The Labute approximate surface area is 142 Å². The van der Waals surface area contributed by atoms with E-state index in [-0.39, 0.29) is 11.9 Å². The van der Waals surface area contributed by atoms with Crippen LogP contribution in [0, 0.1) is 0 Å². The van der Waals surface area contributed by atoms with Gasteiger partial charge in [-0.2, -0.15) is 18.3 Å². The summed E-state index contributed by atoms with van der Waals surface area (Å²) < 4.78 is 39.6. The van der Waals surface area contributed by atoms with Gasteiger partial charge in [-0.15, -0.1) is 0 Å². The fourth-order valence-electron chi connectivity index (χ4n) is 3.02. The number of pyridine rings is 1. The van der Waals surface area contributed by atoms with Crippen molar-refractivity contribution in [1.29, 1.82) is 0 Å². The second-order valence-electron chi connectivity index (χ2n) is 5.87. The van der Waals surface area contributed by atoms with Crippen LogP contribution < -0.4 is 10.2 Å². The minimum Gasteiger partial charge on any atom is -0.355 e. The third kappa shape index (κ3) is 3.59. The Hall–Kier alpha value is -2.58. The number of aromatic nitrogens is 3. The van der Waals surface area contributed by atoms with Crippen LogP contribution in [0.15, 0.2) is 30.6 Å². The molecule has 1 saturated heterocycles. The fourth-order valence-corrected chi connectivity index (χ4v) is 3.02. The van der Waals surface area contributed by atoms with Gasteiger partial charge in [-0.25, -0.2) is 4.98 Å². The maximum Gasteiger partial charge on any atom is 0.435 e. The second kappa shape index (κ2) is 6.73. The van der Waals surface area contributed by atoms with Gasteiger partial charge in [0.1, 0.15) is 5.82 Å². The number of amides is 1. The molecule has 134 valence electrons. The summed E-state index contributed by atoms with van der Waals surface area (Å²) in [5, 5.41) is 6.25. The molecule has 3 heterocycles. The first-order valence-electron chi connectivity index (χ1n) is 7.94. The Balaban J connectivity index is 1.83. The van der Waals surface area contributed by atoms with Crippen LogP contribution in [0.4, 0.5) is 19.0 Å².